The molecule has 1 saturated carbocycles. The number of nitrogens with zero attached hydrogens (tertiary/aromatic N) is 2. The average molecular weight is 465 g/mol. The fraction of sp³-hybridized carbons (Fsp3) is 0.677. The van der Waals surface area contributed by atoms with Crippen LogP contribution in [-0.2, 0) is 12.8 Å². The van der Waals surface area contributed by atoms with Gasteiger partial charge in [0.05, 0.1) is 6.61 Å². The molecule has 2 aromatic rings. The van der Waals surface area contributed by atoms with Gasteiger partial charge in [0.2, 0.25) is 0 Å². The van der Waals surface area contributed by atoms with Crippen molar-refractivity contribution in [3.8, 4) is 5.75 Å². The molecule has 1 aromatic carbocycles. The Morgan fingerprint density at radius 1 is 0.676 bits per heavy atom. The lowest BCUT2D eigenvalue weighted by molar-refractivity contribution is 0.198. The van der Waals surface area contributed by atoms with Crippen molar-refractivity contribution in [3.05, 3.63) is 53.6 Å². The molecule has 0 aliphatic heterocycles. The van der Waals surface area contributed by atoms with Gasteiger partial charge in [0.1, 0.15) is 11.6 Å². The molecule has 0 N–H and O–H groups in total. The second-order valence-electron chi connectivity index (χ2n) is 10.5. The predicted octanol–water partition coefficient (Wildman–Crippen LogP) is 8.86. The minimum atomic E-state index is 0.520. The van der Waals surface area contributed by atoms with Gasteiger partial charge in [0.15, 0.2) is 0 Å². The highest BCUT2D eigenvalue weighted by molar-refractivity contribution is 5.27. The van der Waals surface area contributed by atoms with E-state index in [4.69, 9.17) is 14.7 Å². The fourth-order valence-corrected chi connectivity index (χ4v) is 5.10. The summed E-state index contributed by atoms with van der Waals surface area (Å²) in [7, 11) is 0. The van der Waals surface area contributed by atoms with E-state index >= 15 is 0 Å². The fourth-order valence-electron chi connectivity index (χ4n) is 5.10. The van der Waals surface area contributed by atoms with Gasteiger partial charge in [-0.2, -0.15) is 0 Å². The summed E-state index contributed by atoms with van der Waals surface area (Å²) in [6, 6.07) is 8.72. The molecule has 3 heteroatoms. The Morgan fingerprint density at radius 2 is 1.26 bits per heavy atom. The van der Waals surface area contributed by atoms with Crippen LogP contribution in [0.4, 0.5) is 0 Å². The molecule has 0 amide bonds. The quantitative estimate of drug-likeness (QED) is 0.233. The van der Waals surface area contributed by atoms with Crippen LogP contribution in [0.5, 0.6) is 5.75 Å². The minimum Gasteiger partial charge on any atom is -0.493 e. The maximum Gasteiger partial charge on any atom is 0.131 e. The molecule has 34 heavy (non-hydrogen) atoms. The van der Waals surface area contributed by atoms with Crippen LogP contribution in [0, 0.1) is 5.92 Å². The maximum absolute atomic E-state index is 6.11. The molecule has 1 heterocycles. The Labute approximate surface area is 209 Å². The van der Waals surface area contributed by atoms with Gasteiger partial charge in [-0.05, 0) is 80.5 Å². The van der Waals surface area contributed by atoms with Crippen molar-refractivity contribution in [1.82, 2.24) is 9.97 Å². The highest BCUT2D eigenvalue weighted by Crippen LogP contribution is 2.34. The molecule has 3 rings (SSSR count). The molecular formula is C31H48N2O. The number of hydrogen-bond donors (Lipinski definition) is 0. The smallest absolute Gasteiger partial charge is 0.131 e. The topological polar surface area (TPSA) is 35.0 Å². The van der Waals surface area contributed by atoms with Crippen LogP contribution in [0.1, 0.15) is 127 Å². The number of aromatic nitrogens is 2. The van der Waals surface area contributed by atoms with Crippen molar-refractivity contribution >= 4 is 0 Å². The zero-order valence-corrected chi connectivity index (χ0v) is 21.9. The molecule has 1 fully saturated rings. The third-order valence-corrected chi connectivity index (χ3v) is 7.48. The molecular weight excluding hydrogens is 416 g/mol. The highest BCUT2D eigenvalue weighted by atomic mass is 16.5. The predicted molar refractivity (Wildman–Crippen MR) is 144 cm³/mol. The van der Waals surface area contributed by atoms with E-state index in [1.807, 2.05) is 0 Å². The Balaban J connectivity index is 1.29. The summed E-state index contributed by atoms with van der Waals surface area (Å²) >= 11 is 0. The highest BCUT2D eigenvalue weighted by Gasteiger charge is 2.24. The molecule has 0 unspecified atom stereocenters. The van der Waals surface area contributed by atoms with Crippen molar-refractivity contribution < 1.29 is 4.74 Å². The van der Waals surface area contributed by atoms with E-state index < -0.39 is 0 Å². The lowest BCUT2D eigenvalue weighted by atomic mass is 9.82. The van der Waals surface area contributed by atoms with E-state index in [0.29, 0.717) is 11.8 Å². The van der Waals surface area contributed by atoms with Crippen LogP contribution in [0.3, 0.4) is 0 Å². The number of aryl methyl sites for hydroxylation is 2. The van der Waals surface area contributed by atoms with E-state index in [-0.39, 0.29) is 0 Å². The summed E-state index contributed by atoms with van der Waals surface area (Å²) in [6.07, 6.45) is 24.7. The third-order valence-electron chi connectivity index (χ3n) is 7.48. The first kappa shape index (κ1) is 26.7. The summed E-state index contributed by atoms with van der Waals surface area (Å²) < 4.78 is 6.11. The summed E-state index contributed by atoms with van der Waals surface area (Å²) in [5.74, 6) is 3.24. The van der Waals surface area contributed by atoms with Gasteiger partial charge >= 0.3 is 0 Å². The number of hydrogen-bond acceptors (Lipinski definition) is 3. The Hall–Kier alpha value is -1.90. The molecule has 0 radical (unpaired) electrons. The van der Waals surface area contributed by atoms with Gasteiger partial charge in [-0.15, -0.1) is 0 Å². The summed E-state index contributed by atoms with van der Waals surface area (Å²) in [5.41, 5.74) is 2.72. The van der Waals surface area contributed by atoms with E-state index in [2.05, 4.69) is 50.5 Å². The second-order valence-corrected chi connectivity index (χ2v) is 10.5. The van der Waals surface area contributed by atoms with E-state index in [0.717, 1.165) is 24.6 Å². The number of ether oxygens (including phenoxy) is 1. The largest absolute Gasteiger partial charge is 0.493 e. The normalized spacial score (nSPS) is 18.2. The van der Waals surface area contributed by atoms with Crippen LogP contribution in [-0.4, -0.2) is 16.6 Å². The van der Waals surface area contributed by atoms with E-state index in [1.165, 1.54) is 107 Å². The monoisotopic (exact) mass is 464 g/mol. The van der Waals surface area contributed by atoms with E-state index in [9.17, 15) is 0 Å². The molecule has 0 spiro atoms. The van der Waals surface area contributed by atoms with Gasteiger partial charge < -0.3 is 4.74 Å². The molecule has 1 aliphatic carbocycles. The maximum atomic E-state index is 6.11. The van der Waals surface area contributed by atoms with Crippen LogP contribution >= 0.6 is 0 Å². The molecule has 0 saturated heterocycles. The lowest BCUT2D eigenvalue weighted by Gasteiger charge is -2.27. The summed E-state index contributed by atoms with van der Waals surface area (Å²) in [4.78, 5) is 9.51. The average Bonchev–Trinajstić information content (AvgIpc) is 2.89. The van der Waals surface area contributed by atoms with Crippen molar-refractivity contribution in [2.24, 2.45) is 5.92 Å². The Kier molecular flexibility index (Phi) is 12.5. The first-order valence-electron chi connectivity index (χ1n) is 14.3. The molecule has 0 atom stereocenters. The van der Waals surface area contributed by atoms with Gasteiger partial charge in [-0.1, -0.05) is 77.3 Å². The van der Waals surface area contributed by atoms with Gasteiger partial charge in [0.25, 0.3) is 0 Å². The van der Waals surface area contributed by atoms with Crippen molar-refractivity contribution in [3.63, 3.8) is 0 Å². The van der Waals surface area contributed by atoms with Crippen LogP contribution < -0.4 is 4.74 Å². The molecule has 1 aromatic heterocycles. The molecule has 3 nitrogen and oxygen atoms in total. The number of benzene rings is 1. The molecule has 0 bridgehead atoms. The molecule has 188 valence electrons. The zero-order chi connectivity index (χ0) is 23.8. The van der Waals surface area contributed by atoms with Crippen molar-refractivity contribution in [2.45, 2.75) is 122 Å². The summed E-state index contributed by atoms with van der Waals surface area (Å²) in [5, 5.41) is 0. The minimum absolute atomic E-state index is 0.520. The van der Waals surface area contributed by atoms with E-state index in [1.54, 1.807) is 0 Å². The molecule has 1 aliphatic rings. The van der Waals surface area contributed by atoms with Crippen LogP contribution in [0.15, 0.2) is 36.7 Å². The summed E-state index contributed by atoms with van der Waals surface area (Å²) in [6.45, 7) is 5.36. The second kappa shape index (κ2) is 15.9. The number of unbranched alkanes of at least 4 members (excludes halogenated alkanes) is 8. The van der Waals surface area contributed by atoms with Gasteiger partial charge in [-0.25, -0.2) is 9.97 Å². The van der Waals surface area contributed by atoms with Crippen LogP contribution in [0.25, 0.3) is 0 Å². The SMILES string of the molecule is CCCCCCCCCCc1cnc([C@H]2CC[C@H](COc3ccc(CCCC)cc3)CC2)nc1. The third kappa shape index (κ3) is 9.76. The van der Waals surface area contributed by atoms with Crippen molar-refractivity contribution in [2.75, 3.05) is 6.61 Å². The van der Waals surface area contributed by atoms with Gasteiger partial charge in [0, 0.05) is 18.3 Å². The van der Waals surface area contributed by atoms with Crippen molar-refractivity contribution in [1.29, 1.82) is 0 Å². The Bertz CT molecular complexity index is 763. The van der Waals surface area contributed by atoms with Crippen LogP contribution in [0.2, 0.25) is 0 Å². The lowest BCUT2D eigenvalue weighted by Crippen LogP contribution is -2.20. The van der Waals surface area contributed by atoms with Gasteiger partial charge in [-0.3, -0.25) is 0 Å². The number of rotatable bonds is 16. The zero-order valence-electron chi connectivity index (χ0n) is 21.9. The Morgan fingerprint density at radius 3 is 1.91 bits per heavy atom. The first-order valence-corrected chi connectivity index (χ1v) is 14.3. The standard InChI is InChI=1S/C31H48N2O/c1-3-5-7-8-9-10-11-12-14-28-23-32-31(33-24-28)29-19-15-27(16-20-29)25-34-30-21-17-26(18-22-30)13-6-4-2/h17-18,21-24,27,29H,3-16,19-20,25H2,1-2H3/t27-,29-. The first-order chi connectivity index (χ1) is 16.8.